The molecule has 0 fully saturated rings. The lowest BCUT2D eigenvalue weighted by molar-refractivity contribution is -0.128. The van der Waals surface area contributed by atoms with Crippen LogP contribution in [-0.2, 0) is 30.9 Å². The summed E-state index contributed by atoms with van der Waals surface area (Å²) >= 11 is 6.26. The van der Waals surface area contributed by atoms with Crippen LogP contribution >= 0.6 is 11.6 Å². The molecule has 3 aromatic rings. The van der Waals surface area contributed by atoms with Gasteiger partial charge in [0.1, 0.15) is 11.5 Å². The Kier molecular flexibility index (Phi) is 9.41. The standard InChI is InChI=1S/C27H28ClN3O7S/c1-36-14-13-30-39(34,35)20-11-12-23(21(28)15-20)37-18-26(32)31-17-25(38-24-10-6-5-9-22(24)31)27(33)29-16-19-7-3-2-4-8-19/h2-12,15,25,30H,13-14,16-18H2,1H3,(H,29,33)/t25-/m0/s1. The monoisotopic (exact) mass is 573 g/mol. The molecule has 2 amide bonds. The second kappa shape index (κ2) is 12.9. The van der Waals surface area contributed by atoms with Gasteiger partial charge in [-0.15, -0.1) is 0 Å². The van der Waals surface area contributed by atoms with Crippen LogP contribution in [-0.4, -0.2) is 59.7 Å². The van der Waals surface area contributed by atoms with Gasteiger partial charge in [-0.05, 0) is 35.9 Å². The number of nitrogens with zero attached hydrogens (tertiary/aromatic N) is 1. The first-order valence-corrected chi connectivity index (χ1v) is 13.9. The van der Waals surface area contributed by atoms with Crippen LogP contribution in [0.1, 0.15) is 5.56 Å². The highest BCUT2D eigenvalue weighted by Crippen LogP contribution is 2.34. The average molecular weight is 574 g/mol. The molecule has 4 rings (SSSR count). The van der Waals surface area contributed by atoms with E-state index in [-0.39, 0.29) is 41.3 Å². The highest BCUT2D eigenvalue weighted by Gasteiger charge is 2.34. The molecular weight excluding hydrogens is 546 g/mol. The van der Waals surface area contributed by atoms with Gasteiger partial charge in [0.2, 0.25) is 10.0 Å². The number of anilines is 1. The number of amides is 2. The molecule has 0 unspecified atom stereocenters. The molecule has 0 aliphatic carbocycles. The van der Waals surface area contributed by atoms with Gasteiger partial charge < -0.3 is 24.4 Å². The van der Waals surface area contributed by atoms with Gasteiger partial charge in [0.05, 0.1) is 28.8 Å². The van der Waals surface area contributed by atoms with Crippen molar-refractivity contribution < 1.29 is 32.2 Å². The molecule has 0 saturated heterocycles. The molecule has 1 aliphatic heterocycles. The summed E-state index contributed by atoms with van der Waals surface area (Å²) in [6.07, 6.45) is -0.925. The van der Waals surface area contributed by atoms with Crippen LogP contribution in [0.4, 0.5) is 5.69 Å². The van der Waals surface area contributed by atoms with Gasteiger partial charge >= 0.3 is 0 Å². The number of nitrogens with one attached hydrogen (secondary N) is 2. The summed E-state index contributed by atoms with van der Waals surface area (Å²) in [5.41, 5.74) is 1.44. The molecule has 0 aromatic heterocycles. The minimum absolute atomic E-state index is 0.0160. The predicted octanol–water partition coefficient (Wildman–Crippen LogP) is 2.75. The van der Waals surface area contributed by atoms with E-state index in [9.17, 15) is 18.0 Å². The Bertz CT molecular complexity index is 1420. The number of hydrogen-bond donors (Lipinski definition) is 2. The van der Waals surface area contributed by atoms with Crippen molar-refractivity contribution >= 4 is 39.1 Å². The fourth-order valence-corrected chi connectivity index (χ4v) is 5.19. The SMILES string of the molecule is COCCNS(=O)(=O)c1ccc(OCC(=O)N2C[C@@H](C(=O)NCc3ccccc3)Oc3ccccc32)c(Cl)c1. The van der Waals surface area contributed by atoms with Crippen LogP contribution in [0.5, 0.6) is 11.5 Å². The van der Waals surface area contributed by atoms with Gasteiger partial charge in [0, 0.05) is 20.2 Å². The van der Waals surface area contributed by atoms with Crippen LogP contribution in [0, 0.1) is 0 Å². The van der Waals surface area contributed by atoms with E-state index in [1.807, 2.05) is 30.3 Å². The summed E-state index contributed by atoms with van der Waals surface area (Å²) in [4.78, 5) is 27.5. The number of benzene rings is 3. The van der Waals surface area contributed by atoms with Crippen LogP contribution in [0.2, 0.25) is 5.02 Å². The molecule has 0 radical (unpaired) electrons. The summed E-state index contributed by atoms with van der Waals surface area (Å²) in [5, 5.41) is 2.87. The highest BCUT2D eigenvalue weighted by molar-refractivity contribution is 7.89. The van der Waals surface area contributed by atoms with E-state index in [1.165, 1.54) is 30.2 Å². The number of methoxy groups -OCH3 is 1. The normalized spacial score (nSPS) is 14.7. The van der Waals surface area contributed by atoms with E-state index in [0.29, 0.717) is 18.0 Å². The van der Waals surface area contributed by atoms with Crippen molar-refractivity contribution in [1.29, 1.82) is 0 Å². The Morgan fingerprint density at radius 3 is 2.56 bits per heavy atom. The molecule has 3 aromatic carbocycles. The number of fused-ring (bicyclic) bond motifs is 1. The van der Waals surface area contributed by atoms with Crippen molar-refractivity contribution in [1.82, 2.24) is 10.0 Å². The Labute approximate surface area is 231 Å². The number of ether oxygens (including phenoxy) is 3. The Morgan fingerprint density at radius 1 is 1.08 bits per heavy atom. The largest absolute Gasteiger partial charge is 0.482 e. The first kappa shape index (κ1) is 28.4. The summed E-state index contributed by atoms with van der Waals surface area (Å²) in [5.74, 6) is -0.253. The molecule has 0 bridgehead atoms. The number of rotatable bonds is 11. The van der Waals surface area contributed by atoms with Crippen LogP contribution in [0.3, 0.4) is 0 Å². The smallest absolute Gasteiger partial charge is 0.265 e. The topological polar surface area (TPSA) is 123 Å². The fourth-order valence-electron chi connectivity index (χ4n) is 3.85. The lowest BCUT2D eigenvalue weighted by Crippen LogP contribution is -2.51. The van der Waals surface area contributed by atoms with E-state index >= 15 is 0 Å². The third-order valence-corrected chi connectivity index (χ3v) is 7.59. The lowest BCUT2D eigenvalue weighted by Gasteiger charge is -2.34. The van der Waals surface area contributed by atoms with Crippen molar-refractivity contribution in [2.45, 2.75) is 17.5 Å². The van der Waals surface area contributed by atoms with E-state index < -0.39 is 28.6 Å². The van der Waals surface area contributed by atoms with Crippen molar-refractivity contribution in [2.24, 2.45) is 0 Å². The van der Waals surface area contributed by atoms with E-state index in [1.54, 1.807) is 24.3 Å². The number of sulfonamides is 1. The molecule has 10 nitrogen and oxygen atoms in total. The number of halogens is 1. The van der Waals surface area contributed by atoms with Gasteiger partial charge in [-0.2, -0.15) is 0 Å². The minimum atomic E-state index is -3.79. The fraction of sp³-hybridized carbons (Fsp3) is 0.259. The molecule has 0 spiro atoms. The minimum Gasteiger partial charge on any atom is -0.482 e. The summed E-state index contributed by atoms with van der Waals surface area (Å²) < 4.78 is 43.6. The molecule has 39 heavy (non-hydrogen) atoms. The zero-order valence-electron chi connectivity index (χ0n) is 21.1. The third-order valence-electron chi connectivity index (χ3n) is 5.84. The first-order chi connectivity index (χ1) is 18.8. The molecule has 0 saturated carbocycles. The summed E-state index contributed by atoms with van der Waals surface area (Å²) in [7, 11) is -2.32. The van der Waals surface area contributed by atoms with Crippen molar-refractivity contribution in [2.75, 3.05) is 38.3 Å². The van der Waals surface area contributed by atoms with Crippen molar-refractivity contribution in [3.63, 3.8) is 0 Å². The molecule has 206 valence electrons. The van der Waals surface area contributed by atoms with Crippen LogP contribution in [0.15, 0.2) is 77.7 Å². The quantitative estimate of drug-likeness (QED) is 0.338. The number of carbonyl (C=O) groups excluding carboxylic acids is 2. The van der Waals surface area contributed by atoms with Crippen LogP contribution in [0.25, 0.3) is 0 Å². The molecule has 12 heteroatoms. The molecule has 1 aliphatic rings. The maximum absolute atomic E-state index is 13.2. The van der Waals surface area contributed by atoms with Crippen molar-refractivity contribution in [3.05, 3.63) is 83.4 Å². The molecular formula is C27H28ClN3O7S. The number of para-hydroxylation sites is 2. The second-order valence-corrected chi connectivity index (χ2v) is 10.7. The summed E-state index contributed by atoms with van der Waals surface area (Å²) in [6.45, 7) is 0.235. The lowest BCUT2D eigenvalue weighted by atomic mass is 10.1. The van der Waals surface area contributed by atoms with Gasteiger partial charge in [-0.1, -0.05) is 54.1 Å². The number of hydrogen-bond acceptors (Lipinski definition) is 7. The highest BCUT2D eigenvalue weighted by atomic mass is 35.5. The predicted molar refractivity (Wildman–Crippen MR) is 146 cm³/mol. The summed E-state index contributed by atoms with van der Waals surface area (Å²) in [6, 6.07) is 20.3. The maximum atomic E-state index is 13.2. The average Bonchev–Trinajstić information content (AvgIpc) is 2.95. The zero-order valence-corrected chi connectivity index (χ0v) is 22.7. The van der Waals surface area contributed by atoms with Gasteiger partial charge in [-0.3, -0.25) is 9.59 Å². The Balaban J connectivity index is 1.42. The molecule has 2 N–H and O–H groups in total. The zero-order chi connectivity index (χ0) is 27.8. The molecule has 1 atom stereocenters. The Hall–Kier alpha value is -3.64. The van der Waals surface area contributed by atoms with E-state index in [0.717, 1.165) is 5.56 Å². The van der Waals surface area contributed by atoms with Gasteiger partial charge in [0.15, 0.2) is 12.7 Å². The first-order valence-electron chi connectivity index (χ1n) is 12.1. The van der Waals surface area contributed by atoms with Crippen LogP contribution < -0.4 is 24.4 Å². The maximum Gasteiger partial charge on any atom is 0.265 e. The van der Waals surface area contributed by atoms with Crippen molar-refractivity contribution in [3.8, 4) is 11.5 Å². The van der Waals surface area contributed by atoms with Gasteiger partial charge in [0.25, 0.3) is 11.8 Å². The number of carbonyl (C=O) groups is 2. The second-order valence-electron chi connectivity index (χ2n) is 8.55. The third kappa shape index (κ3) is 7.27. The van der Waals surface area contributed by atoms with E-state index in [4.69, 9.17) is 25.8 Å². The van der Waals surface area contributed by atoms with E-state index in [2.05, 4.69) is 10.0 Å². The Morgan fingerprint density at radius 2 is 1.82 bits per heavy atom. The van der Waals surface area contributed by atoms with Gasteiger partial charge in [-0.25, -0.2) is 13.1 Å². The molecule has 1 heterocycles.